The fourth-order valence-electron chi connectivity index (χ4n) is 4.16. The number of nitrogens with zero attached hydrogens (tertiary/aromatic N) is 3. The first-order valence-corrected chi connectivity index (χ1v) is 11.8. The normalized spacial score (nSPS) is 22.6. The Kier molecular flexibility index (Phi) is 5.98. The molecule has 0 saturated carbocycles. The number of benzene rings is 2. The zero-order chi connectivity index (χ0) is 22.2. The van der Waals surface area contributed by atoms with E-state index in [4.69, 9.17) is 0 Å². The summed E-state index contributed by atoms with van der Waals surface area (Å²) in [4.78, 5) is 12.8. The van der Waals surface area contributed by atoms with Crippen LogP contribution in [0.4, 0.5) is 11.4 Å². The smallest absolute Gasteiger partial charge is 0.269 e. The van der Waals surface area contributed by atoms with Gasteiger partial charge in [0, 0.05) is 56.1 Å². The van der Waals surface area contributed by atoms with Gasteiger partial charge >= 0.3 is 0 Å². The molecular weight excluding hydrogens is 418 g/mol. The molecular formula is C21H27N5O4S. The van der Waals surface area contributed by atoms with Crippen LogP contribution < -0.4 is 15.8 Å². The first kappa shape index (κ1) is 21.7. The highest BCUT2D eigenvalue weighted by Gasteiger charge is 2.31. The molecule has 2 aliphatic heterocycles. The van der Waals surface area contributed by atoms with Gasteiger partial charge in [0.05, 0.1) is 9.82 Å². The van der Waals surface area contributed by atoms with E-state index in [9.17, 15) is 18.5 Å². The molecule has 2 unspecified atom stereocenters. The summed E-state index contributed by atoms with van der Waals surface area (Å²) in [5, 5.41) is 10.8. The van der Waals surface area contributed by atoms with Crippen molar-refractivity contribution in [2.24, 2.45) is 0 Å². The second kappa shape index (κ2) is 8.54. The van der Waals surface area contributed by atoms with Crippen molar-refractivity contribution in [2.75, 3.05) is 31.1 Å². The third kappa shape index (κ3) is 4.42. The van der Waals surface area contributed by atoms with E-state index in [1.165, 1.54) is 16.4 Å². The van der Waals surface area contributed by atoms with Gasteiger partial charge in [0.1, 0.15) is 0 Å². The summed E-state index contributed by atoms with van der Waals surface area (Å²) < 4.78 is 28.3. The van der Waals surface area contributed by atoms with E-state index in [0.717, 1.165) is 23.2 Å². The molecule has 2 aromatic rings. The molecule has 0 amide bonds. The fraction of sp³-hybridized carbons (Fsp3) is 0.429. The Morgan fingerprint density at radius 1 is 1.03 bits per heavy atom. The van der Waals surface area contributed by atoms with Crippen molar-refractivity contribution in [1.82, 2.24) is 15.2 Å². The molecule has 2 fully saturated rings. The summed E-state index contributed by atoms with van der Waals surface area (Å²) in [6.45, 7) is 5.70. The molecule has 0 aromatic heterocycles. The van der Waals surface area contributed by atoms with Crippen LogP contribution in [-0.2, 0) is 10.0 Å². The highest BCUT2D eigenvalue weighted by Crippen LogP contribution is 2.29. The van der Waals surface area contributed by atoms with Crippen molar-refractivity contribution in [2.45, 2.75) is 37.2 Å². The van der Waals surface area contributed by atoms with E-state index < -0.39 is 14.9 Å². The van der Waals surface area contributed by atoms with Crippen molar-refractivity contribution in [1.29, 1.82) is 0 Å². The number of piperazine rings is 1. The molecule has 0 bridgehead atoms. The first-order chi connectivity index (χ1) is 14.8. The Bertz CT molecular complexity index is 1070. The second-order valence-corrected chi connectivity index (χ2v) is 10.1. The van der Waals surface area contributed by atoms with Crippen LogP contribution >= 0.6 is 0 Å². The average molecular weight is 446 g/mol. The minimum Gasteiger partial charge on any atom is -0.369 e. The molecule has 9 nitrogen and oxygen atoms in total. The lowest BCUT2D eigenvalue weighted by Gasteiger charge is -2.35. The number of anilines is 1. The van der Waals surface area contributed by atoms with Crippen molar-refractivity contribution in [3.63, 3.8) is 0 Å². The monoisotopic (exact) mass is 445 g/mol. The Hall–Kier alpha value is -2.53. The molecule has 10 heteroatoms. The van der Waals surface area contributed by atoms with Gasteiger partial charge in [-0.05, 0) is 49.6 Å². The van der Waals surface area contributed by atoms with Gasteiger partial charge in [-0.25, -0.2) is 8.42 Å². The van der Waals surface area contributed by atoms with Gasteiger partial charge in [0.15, 0.2) is 0 Å². The van der Waals surface area contributed by atoms with Crippen LogP contribution in [0, 0.1) is 17.0 Å². The number of rotatable bonds is 5. The highest BCUT2D eigenvalue weighted by molar-refractivity contribution is 7.89. The predicted octanol–water partition coefficient (Wildman–Crippen LogP) is 2.34. The summed E-state index contributed by atoms with van der Waals surface area (Å²) in [6, 6.07) is 12.4. The van der Waals surface area contributed by atoms with E-state index in [2.05, 4.69) is 22.7 Å². The summed E-state index contributed by atoms with van der Waals surface area (Å²) in [5.74, 6) is 0. The number of hydrazine groups is 1. The first-order valence-electron chi connectivity index (χ1n) is 10.4. The molecule has 2 atom stereocenters. The Balaban J connectivity index is 1.48. The summed E-state index contributed by atoms with van der Waals surface area (Å²) in [5.41, 5.74) is 9.01. The number of nitro groups is 1. The third-order valence-corrected chi connectivity index (χ3v) is 8.03. The quantitative estimate of drug-likeness (QED) is 0.537. The molecule has 4 rings (SSSR count). The SMILES string of the molecule is Cc1ccc(C2CC(C)NN2)cc1S(=O)(=O)N1CCN(c2ccc([N+](=O)[O-])cc2)CC1. The Labute approximate surface area is 182 Å². The third-order valence-electron chi connectivity index (χ3n) is 5.99. The van der Waals surface area contributed by atoms with Gasteiger partial charge in [-0.3, -0.25) is 21.0 Å². The maximum Gasteiger partial charge on any atom is 0.269 e. The standard InChI is InChI=1S/C21H27N5O4S/c1-15-3-4-17(20-13-16(2)22-23-20)14-21(15)31(29,30)25-11-9-24(10-12-25)18-5-7-19(8-6-18)26(27)28/h3-8,14,16,20,22-23H,9-13H2,1-2H3. The van der Waals surface area contributed by atoms with Crippen molar-refractivity contribution in [3.8, 4) is 0 Å². The van der Waals surface area contributed by atoms with E-state index in [0.29, 0.717) is 37.1 Å². The van der Waals surface area contributed by atoms with Crippen LogP contribution in [0.2, 0.25) is 0 Å². The number of nitrogens with one attached hydrogen (secondary N) is 2. The number of hydrogen-bond acceptors (Lipinski definition) is 7. The van der Waals surface area contributed by atoms with Crippen LogP contribution in [0.3, 0.4) is 0 Å². The van der Waals surface area contributed by atoms with E-state index in [1.807, 2.05) is 19.1 Å². The van der Waals surface area contributed by atoms with Gasteiger partial charge in [-0.1, -0.05) is 12.1 Å². The molecule has 166 valence electrons. The number of nitro benzene ring substituents is 1. The van der Waals surface area contributed by atoms with Crippen molar-refractivity contribution in [3.05, 3.63) is 63.7 Å². The van der Waals surface area contributed by atoms with Crippen LogP contribution in [-0.4, -0.2) is 49.9 Å². The van der Waals surface area contributed by atoms with E-state index in [-0.39, 0.29) is 11.7 Å². The van der Waals surface area contributed by atoms with Gasteiger partial charge in [-0.2, -0.15) is 4.31 Å². The molecule has 2 N–H and O–H groups in total. The maximum absolute atomic E-state index is 13.4. The minimum absolute atomic E-state index is 0.0432. The molecule has 0 aliphatic carbocycles. The zero-order valence-electron chi connectivity index (χ0n) is 17.6. The van der Waals surface area contributed by atoms with Crippen molar-refractivity contribution >= 4 is 21.4 Å². The van der Waals surface area contributed by atoms with Crippen LogP contribution in [0.1, 0.15) is 30.5 Å². The number of aryl methyl sites for hydroxylation is 1. The number of non-ortho nitro benzene ring substituents is 1. The van der Waals surface area contributed by atoms with E-state index >= 15 is 0 Å². The van der Waals surface area contributed by atoms with Crippen molar-refractivity contribution < 1.29 is 13.3 Å². The highest BCUT2D eigenvalue weighted by atomic mass is 32.2. The van der Waals surface area contributed by atoms with Gasteiger partial charge < -0.3 is 4.90 Å². The minimum atomic E-state index is -3.61. The lowest BCUT2D eigenvalue weighted by Crippen LogP contribution is -2.48. The average Bonchev–Trinajstić information content (AvgIpc) is 3.20. The number of hydrogen-bond donors (Lipinski definition) is 2. The number of sulfonamides is 1. The molecule has 2 aromatic carbocycles. The molecule has 0 radical (unpaired) electrons. The lowest BCUT2D eigenvalue weighted by atomic mass is 10.0. The zero-order valence-corrected chi connectivity index (χ0v) is 18.4. The van der Waals surface area contributed by atoms with E-state index in [1.54, 1.807) is 18.2 Å². The Morgan fingerprint density at radius 2 is 1.71 bits per heavy atom. The van der Waals surface area contributed by atoms with Crippen LogP contribution in [0.5, 0.6) is 0 Å². The van der Waals surface area contributed by atoms with Crippen LogP contribution in [0.15, 0.2) is 47.4 Å². The molecule has 2 aliphatic rings. The largest absolute Gasteiger partial charge is 0.369 e. The second-order valence-electron chi connectivity index (χ2n) is 8.17. The molecule has 2 heterocycles. The van der Waals surface area contributed by atoms with Gasteiger partial charge in [0.25, 0.3) is 5.69 Å². The summed E-state index contributed by atoms with van der Waals surface area (Å²) in [7, 11) is -3.61. The van der Waals surface area contributed by atoms with Gasteiger partial charge in [-0.15, -0.1) is 0 Å². The summed E-state index contributed by atoms with van der Waals surface area (Å²) in [6.07, 6.45) is 0.899. The molecule has 31 heavy (non-hydrogen) atoms. The predicted molar refractivity (Wildman–Crippen MR) is 118 cm³/mol. The van der Waals surface area contributed by atoms with Crippen LogP contribution in [0.25, 0.3) is 0 Å². The Morgan fingerprint density at radius 3 is 2.29 bits per heavy atom. The molecule has 2 saturated heterocycles. The maximum atomic E-state index is 13.4. The topological polar surface area (TPSA) is 108 Å². The summed E-state index contributed by atoms with van der Waals surface area (Å²) >= 11 is 0. The molecule has 0 spiro atoms. The lowest BCUT2D eigenvalue weighted by molar-refractivity contribution is -0.384. The fourth-order valence-corrected chi connectivity index (χ4v) is 5.84. The van der Waals surface area contributed by atoms with Gasteiger partial charge in [0.2, 0.25) is 10.0 Å².